The summed E-state index contributed by atoms with van der Waals surface area (Å²) >= 11 is 0. The van der Waals surface area contributed by atoms with E-state index >= 15 is 0 Å². The van der Waals surface area contributed by atoms with Crippen LogP contribution in [0.1, 0.15) is 32.3 Å². The maximum Gasteiger partial charge on any atom is 0.416 e. The Balaban J connectivity index is 1.67. The number of halogens is 3. The van der Waals surface area contributed by atoms with Crippen LogP contribution in [-0.4, -0.2) is 37.0 Å². The Bertz CT molecular complexity index is 1090. The highest BCUT2D eigenvalue weighted by Gasteiger charge is 2.39. The number of benzene rings is 1. The van der Waals surface area contributed by atoms with Gasteiger partial charge >= 0.3 is 6.18 Å². The van der Waals surface area contributed by atoms with Crippen LogP contribution >= 0.6 is 0 Å². The zero-order chi connectivity index (χ0) is 21.7. The van der Waals surface area contributed by atoms with Gasteiger partial charge in [-0.15, -0.1) is 10.2 Å². The molecule has 2 aromatic heterocycles. The van der Waals surface area contributed by atoms with Gasteiger partial charge in [0.25, 0.3) is 0 Å². The highest BCUT2D eigenvalue weighted by molar-refractivity contribution is 6.00. The third kappa shape index (κ3) is 3.77. The number of phenolic OH excluding ortho intramolecular Hbond substituents is 1. The highest BCUT2D eigenvalue weighted by atomic mass is 19.4. The molecule has 6 nitrogen and oxygen atoms in total. The Kier molecular flexibility index (Phi) is 4.80. The van der Waals surface area contributed by atoms with E-state index in [1.54, 1.807) is 32.3 Å². The minimum Gasteiger partial charge on any atom is -0.507 e. The van der Waals surface area contributed by atoms with E-state index in [1.807, 2.05) is 0 Å². The first-order valence-electron chi connectivity index (χ1n) is 9.54. The molecule has 0 spiro atoms. The number of fused-ring (bicyclic) bond motifs is 1. The molecule has 0 atom stereocenters. The number of phenols is 1. The van der Waals surface area contributed by atoms with Crippen molar-refractivity contribution in [1.82, 2.24) is 15.2 Å². The van der Waals surface area contributed by atoms with Crippen LogP contribution in [0, 0.1) is 5.92 Å². The van der Waals surface area contributed by atoms with Crippen LogP contribution in [0.15, 0.2) is 36.7 Å². The van der Waals surface area contributed by atoms with Crippen LogP contribution < -0.4 is 5.32 Å². The molecule has 1 aromatic carbocycles. The minimum atomic E-state index is -4.55. The number of hydrogen-bond donors (Lipinski definition) is 3. The molecule has 2 heterocycles. The van der Waals surface area contributed by atoms with Gasteiger partial charge in [0, 0.05) is 34.8 Å². The standard InChI is InChI=1S/C21H21F3N4O2/c1-20(2,30)12-7-13(8-12)26-19-16-10-25-6-5-14(16)18(27-28-19)15-4-3-11(9-17(15)29)21(22,23)24/h3-6,9-10,12-13,29-30H,7-8H2,1-2H3,(H,26,28). The molecule has 0 bridgehead atoms. The Morgan fingerprint density at radius 1 is 1.07 bits per heavy atom. The molecule has 3 N–H and O–H groups in total. The molecular formula is C21H21F3N4O2. The van der Waals surface area contributed by atoms with E-state index in [9.17, 15) is 23.4 Å². The number of alkyl halides is 3. The molecule has 0 saturated heterocycles. The summed E-state index contributed by atoms with van der Waals surface area (Å²) < 4.78 is 38.7. The van der Waals surface area contributed by atoms with Crippen LogP contribution in [0.4, 0.5) is 19.0 Å². The molecule has 0 amide bonds. The van der Waals surface area contributed by atoms with Crippen LogP contribution in [-0.2, 0) is 6.18 Å². The second kappa shape index (κ2) is 7.09. The number of aromatic nitrogens is 3. The molecule has 0 unspecified atom stereocenters. The second-order valence-electron chi connectivity index (χ2n) is 8.21. The Morgan fingerprint density at radius 3 is 2.43 bits per heavy atom. The zero-order valence-corrected chi connectivity index (χ0v) is 16.4. The lowest BCUT2D eigenvalue weighted by atomic mass is 9.71. The van der Waals surface area contributed by atoms with Gasteiger partial charge in [0.15, 0.2) is 5.82 Å². The maximum atomic E-state index is 12.9. The average Bonchev–Trinajstić information content (AvgIpc) is 2.62. The van der Waals surface area contributed by atoms with Crippen molar-refractivity contribution in [2.24, 2.45) is 5.92 Å². The Hall–Kier alpha value is -2.94. The molecule has 1 aliphatic rings. The molecule has 1 saturated carbocycles. The van der Waals surface area contributed by atoms with Gasteiger partial charge in [-0.1, -0.05) is 0 Å². The van der Waals surface area contributed by atoms with Crippen molar-refractivity contribution in [3.05, 3.63) is 42.2 Å². The number of anilines is 1. The Morgan fingerprint density at radius 2 is 1.80 bits per heavy atom. The summed E-state index contributed by atoms with van der Waals surface area (Å²) in [6.45, 7) is 3.58. The SMILES string of the molecule is CC(C)(O)C1CC(Nc2nnc(-c3ccc(C(F)(F)F)cc3O)c3ccncc23)C1. The van der Waals surface area contributed by atoms with Crippen molar-refractivity contribution in [3.8, 4) is 17.0 Å². The molecule has 0 radical (unpaired) electrons. The largest absolute Gasteiger partial charge is 0.507 e. The predicted octanol–water partition coefficient (Wildman–Crippen LogP) is 4.38. The first kappa shape index (κ1) is 20.3. The van der Waals surface area contributed by atoms with Crippen molar-refractivity contribution in [1.29, 1.82) is 0 Å². The van der Waals surface area contributed by atoms with E-state index in [0.717, 1.165) is 18.9 Å². The van der Waals surface area contributed by atoms with E-state index in [-0.39, 0.29) is 23.2 Å². The topological polar surface area (TPSA) is 91.2 Å². The van der Waals surface area contributed by atoms with Crippen LogP contribution in [0.5, 0.6) is 5.75 Å². The third-order valence-corrected chi connectivity index (χ3v) is 5.64. The first-order valence-corrected chi connectivity index (χ1v) is 9.54. The van der Waals surface area contributed by atoms with Gasteiger partial charge in [-0.3, -0.25) is 4.98 Å². The molecule has 1 aliphatic carbocycles. The number of hydrogen-bond acceptors (Lipinski definition) is 6. The van der Waals surface area contributed by atoms with Gasteiger partial charge in [0.2, 0.25) is 0 Å². The lowest BCUT2D eigenvalue weighted by molar-refractivity contribution is -0.137. The number of nitrogens with zero attached hydrogens (tertiary/aromatic N) is 3. The van der Waals surface area contributed by atoms with Gasteiger partial charge in [0.1, 0.15) is 11.4 Å². The van der Waals surface area contributed by atoms with Crippen molar-refractivity contribution in [2.45, 2.75) is 44.5 Å². The molecule has 158 valence electrons. The number of aromatic hydroxyl groups is 1. The predicted molar refractivity (Wildman–Crippen MR) is 106 cm³/mol. The number of pyridine rings is 1. The maximum absolute atomic E-state index is 12.9. The van der Waals surface area contributed by atoms with Crippen LogP contribution in [0.25, 0.3) is 22.0 Å². The number of aliphatic hydroxyl groups is 1. The first-order chi connectivity index (χ1) is 14.0. The number of rotatable bonds is 4. The monoisotopic (exact) mass is 418 g/mol. The highest BCUT2D eigenvalue weighted by Crippen LogP contribution is 2.40. The average molecular weight is 418 g/mol. The van der Waals surface area contributed by atoms with E-state index in [2.05, 4.69) is 20.5 Å². The van der Waals surface area contributed by atoms with Crippen molar-refractivity contribution in [2.75, 3.05) is 5.32 Å². The van der Waals surface area contributed by atoms with E-state index < -0.39 is 23.1 Å². The molecular weight excluding hydrogens is 397 g/mol. The molecule has 9 heteroatoms. The molecule has 3 aromatic rings. The molecule has 30 heavy (non-hydrogen) atoms. The molecule has 4 rings (SSSR count). The van der Waals surface area contributed by atoms with Crippen molar-refractivity contribution < 1.29 is 23.4 Å². The quantitative estimate of drug-likeness (QED) is 0.583. The minimum absolute atomic E-state index is 0.129. The summed E-state index contributed by atoms with van der Waals surface area (Å²) in [5.74, 6) is 0.174. The fourth-order valence-electron chi connectivity index (χ4n) is 3.72. The van der Waals surface area contributed by atoms with Crippen molar-refractivity contribution in [3.63, 3.8) is 0 Å². The summed E-state index contributed by atoms with van der Waals surface area (Å²) in [5.41, 5.74) is -1.25. The zero-order valence-electron chi connectivity index (χ0n) is 16.4. The normalized spacial score (nSPS) is 19.5. The van der Waals surface area contributed by atoms with Crippen LogP contribution in [0.3, 0.4) is 0 Å². The van der Waals surface area contributed by atoms with Gasteiger partial charge < -0.3 is 15.5 Å². The smallest absolute Gasteiger partial charge is 0.416 e. The molecule has 0 aliphatic heterocycles. The fourth-order valence-corrected chi connectivity index (χ4v) is 3.72. The van der Waals surface area contributed by atoms with Gasteiger partial charge in [-0.2, -0.15) is 13.2 Å². The lowest BCUT2D eigenvalue weighted by Crippen LogP contribution is -2.46. The van der Waals surface area contributed by atoms with Gasteiger partial charge in [-0.25, -0.2) is 0 Å². The fraction of sp³-hybridized carbons (Fsp3) is 0.381. The van der Waals surface area contributed by atoms with Gasteiger partial charge in [-0.05, 0) is 56.9 Å². The Labute approximate surface area is 170 Å². The second-order valence-corrected chi connectivity index (χ2v) is 8.21. The van der Waals surface area contributed by atoms with Crippen LogP contribution in [0.2, 0.25) is 0 Å². The summed E-state index contributed by atoms with van der Waals surface area (Å²) in [7, 11) is 0. The van der Waals surface area contributed by atoms with E-state index in [4.69, 9.17) is 0 Å². The summed E-state index contributed by atoms with van der Waals surface area (Å²) in [6.07, 6.45) is 0.170. The molecule has 1 fully saturated rings. The summed E-state index contributed by atoms with van der Waals surface area (Å²) in [5, 5.41) is 33.3. The van der Waals surface area contributed by atoms with E-state index in [1.165, 1.54) is 6.07 Å². The third-order valence-electron chi connectivity index (χ3n) is 5.64. The van der Waals surface area contributed by atoms with Crippen molar-refractivity contribution >= 4 is 16.6 Å². The van der Waals surface area contributed by atoms with Gasteiger partial charge in [0.05, 0.1) is 11.2 Å². The summed E-state index contributed by atoms with van der Waals surface area (Å²) in [6, 6.07) is 4.59. The lowest BCUT2D eigenvalue weighted by Gasteiger charge is -2.43. The number of nitrogens with one attached hydrogen (secondary N) is 1. The van der Waals surface area contributed by atoms with E-state index in [0.29, 0.717) is 22.7 Å². The summed E-state index contributed by atoms with van der Waals surface area (Å²) in [4.78, 5) is 4.12.